The Bertz CT molecular complexity index is 549. The summed E-state index contributed by atoms with van der Waals surface area (Å²) in [7, 11) is 4.04. The third-order valence-corrected chi connectivity index (χ3v) is 3.44. The highest BCUT2D eigenvalue weighted by molar-refractivity contribution is 5.45. The molecule has 1 unspecified atom stereocenters. The zero-order valence-corrected chi connectivity index (χ0v) is 12.2. The lowest BCUT2D eigenvalue weighted by Gasteiger charge is -2.16. The van der Waals surface area contributed by atoms with Crippen LogP contribution in [0, 0.1) is 5.82 Å². The van der Waals surface area contributed by atoms with Crippen molar-refractivity contribution in [2.75, 3.05) is 19.0 Å². The first kappa shape index (κ1) is 14.5. The normalized spacial score (nSPS) is 12.2. The number of anilines is 1. The lowest BCUT2D eigenvalue weighted by molar-refractivity contribution is 0.528. The maximum atomic E-state index is 13.7. The van der Waals surface area contributed by atoms with E-state index in [-0.39, 0.29) is 11.9 Å². The van der Waals surface area contributed by atoms with Gasteiger partial charge < -0.3 is 10.2 Å². The van der Waals surface area contributed by atoms with Crippen molar-refractivity contribution < 1.29 is 4.39 Å². The molecule has 0 bridgehead atoms. The highest BCUT2D eigenvalue weighted by atomic mass is 19.1. The van der Waals surface area contributed by atoms with Crippen LogP contribution < -0.4 is 10.2 Å². The fourth-order valence-electron chi connectivity index (χ4n) is 2.12. The van der Waals surface area contributed by atoms with Crippen molar-refractivity contribution in [3.63, 3.8) is 0 Å². The third kappa shape index (κ3) is 3.58. The quantitative estimate of drug-likeness (QED) is 0.892. The van der Waals surface area contributed by atoms with Gasteiger partial charge >= 0.3 is 0 Å². The van der Waals surface area contributed by atoms with E-state index >= 15 is 0 Å². The average Bonchev–Trinajstić information content (AvgIpc) is 2.45. The molecule has 1 N–H and O–H groups in total. The van der Waals surface area contributed by atoms with Gasteiger partial charge in [-0.2, -0.15) is 0 Å². The summed E-state index contributed by atoms with van der Waals surface area (Å²) >= 11 is 0. The fourth-order valence-corrected chi connectivity index (χ4v) is 2.12. The minimum Gasteiger partial charge on any atom is -0.378 e. The van der Waals surface area contributed by atoms with Crippen LogP contribution >= 0.6 is 0 Å². The number of rotatable bonds is 5. The van der Waals surface area contributed by atoms with Crippen LogP contribution in [0.25, 0.3) is 0 Å². The number of benzene rings is 2. The highest BCUT2D eigenvalue weighted by Gasteiger charge is 2.09. The predicted molar refractivity (Wildman–Crippen MR) is 82.4 cm³/mol. The Kier molecular flexibility index (Phi) is 4.74. The molecular weight excluding hydrogens is 251 g/mol. The second-order valence-electron chi connectivity index (χ2n) is 5.18. The van der Waals surface area contributed by atoms with Crippen molar-refractivity contribution >= 4 is 5.69 Å². The lowest BCUT2D eigenvalue weighted by Crippen LogP contribution is -2.19. The van der Waals surface area contributed by atoms with E-state index in [0.717, 1.165) is 6.54 Å². The average molecular weight is 272 g/mol. The monoisotopic (exact) mass is 272 g/mol. The van der Waals surface area contributed by atoms with E-state index in [0.29, 0.717) is 5.56 Å². The van der Waals surface area contributed by atoms with Gasteiger partial charge in [-0.1, -0.05) is 30.3 Å². The molecule has 2 nitrogen and oxygen atoms in total. The van der Waals surface area contributed by atoms with Crippen LogP contribution in [0.2, 0.25) is 0 Å². The van der Waals surface area contributed by atoms with E-state index in [1.54, 1.807) is 6.07 Å². The molecule has 0 heterocycles. The molecule has 2 aromatic rings. The second kappa shape index (κ2) is 6.53. The molecule has 0 fully saturated rings. The van der Waals surface area contributed by atoms with Crippen molar-refractivity contribution in [2.45, 2.75) is 19.5 Å². The summed E-state index contributed by atoms with van der Waals surface area (Å²) < 4.78 is 13.7. The Labute approximate surface area is 120 Å². The summed E-state index contributed by atoms with van der Waals surface area (Å²) in [4.78, 5) is 2.07. The van der Waals surface area contributed by atoms with Crippen molar-refractivity contribution in [1.29, 1.82) is 0 Å². The molecule has 0 radical (unpaired) electrons. The molecule has 106 valence electrons. The summed E-state index contributed by atoms with van der Waals surface area (Å²) in [6, 6.07) is 15.3. The van der Waals surface area contributed by atoms with Gasteiger partial charge in [0.2, 0.25) is 0 Å². The molecule has 0 saturated carbocycles. The van der Waals surface area contributed by atoms with Crippen molar-refractivity contribution in [2.24, 2.45) is 0 Å². The van der Waals surface area contributed by atoms with Gasteiger partial charge in [0.25, 0.3) is 0 Å². The fraction of sp³-hybridized carbons (Fsp3) is 0.294. The minimum atomic E-state index is -0.157. The third-order valence-electron chi connectivity index (χ3n) is 3.44. The van der Waals surface area contributed by atoms with Crippen LogP contribution in [0.5, 0.6) is 0 Å². The molecule has 1 atom stereocenters. The number of nitrogens with zero attached hydrogens (tertiary/aromatic N) is 1. The molecule has 0 saturated heterocycles. The van der Waals surface area contributed by atoms with Crippen molar-refractivity contribution in [3.05, 3.63) is 65.5 Å². The van der Waals surface area contributed by atoms with Crippen molar-refractivity contribution in [1.82, 2.24) is 5.32 Å². The molecule has 0 amide bonds. The Balaban J connectivity index is 1.96. The molecule has 0 spiro atoms. The van der Waals surface area contributed by atoms with Gasteiger partial charge in [-0.15, -0.1) is 0 Å². The number of hydrogen-bond acceptors (Lipinski definition) is 2. The Morgan fingerprint density at radius 3 is 2.30 bits per heavy atom. The molecular formula is C17H21FN2. The van der Waals surface area contributed by atoms with E-state index in [9.17, 15) is 4.39 Å². The summed E-state index contributed by atoms with van der Waals surface area (Å²) in [6.45, 7) is 2.70. The van der Waals surface area contributed by atoms with Gasteiger partial charge in [0.05, 0.1) is 0 Å². The lowest BCUT2D eigenvalue weighted by atomic mass is 10.1. The van der Waals surface area contributed by atoms with E-state index < -0.39 is 0 Å². The van der Waals surface area contributed by atoms with E-state index in [1.165, 1.54) is 17.3 Å². The van der Waals surface area contributed by atoms with Crippen LogP contribution in [-0.4, -0.2) is 14.1 Å². The number of halogens is 1. The number of nitrogens with one attached hydrogen (secondary N) is 1. The van der Waals surface area contributed by atoms with E-state index in [4.69, 9.17) is 0 Å². The predicted octanol–water partition coefficient (Wildman–Crippen LogP) is 3.74. The zero-order valence-electron chi connectivity index (χ0n) is 12.2. The molecule has 2 rings (SSSR count). The maximum absolute atomic E-state index is 13.7. The minimum absolute atomic E-state index is 0.00951. The van der Waals surface area contributed by atoms with Crippen LogP contribution in [0.1, 0.15) is 24.1 Å². The maximum Gasteiger partial charge on any atom is 0.127 e. The Morgan fingerprint density at radius 1 is 1.05 bits per heavy atom. The smallest absolute Gasteiger partial charge is 0.127 e. The van der Waals surface area contributed by atoms with E-state index in [2.05, 4.69) is 34.5 Å². The summed E-state index contributed by atoms with van der Waals surface area (Å²) in [5.74, 6) is -0.157. The molecule has 0 aliphatic heterocycles. The van der Waals surface area contributed by atoms with Crippen LogP contribution in [-0.2, 0) is 6.54 Å². The SMILES string of the molecule is CC(NCc1ccc(N(C)C)cc1)c1ccccc1F. The van der Waals surface area contributed by atoms with Gasteiger partial charge in [-0.3, -0.25) is 0 Å². The van der Waals surface area contributed by atoms with Crippen LogP contribution in [0.3, 0.4) is 0 Å². The van der Waals surface area contributed by atoms with Crippen molar-refractivity contribution in [3.8, 4) is 0 Å². The summed E-state index contributed by atoms with van der Waals surface area (Å²) in [5.41, 5.74) is 3.08. The van der Waals surface area contributed by atoms with Crippen LogP contribution in [0.4, 0.5) is 10.1 Å². The largest absolute Gasteiger partial charge is 0.378 e. The van der Waals surface area contributed by atoms with Gasteiger partial charge in [-0.25, -0.2) is 4.39 Å². The van der Waals surface area contributed by atoms with Gasteiger partial charge in [-0.05, 0) is 30.7 Å². The second-order valence-corrected chi connectivity index (χ2v) is 5.18. The first-order valence-electron chi connectivity index (χ1n) is 6.82. The molecule has 0 aliphatic carbocycles. The molecule has 2 aromatic carbocycles. The Morgan fingerprint density at radius 2 is 1.70 bits per heavy atom. The van der Waals surface area contributed by atoms with Gasteiger partial charge in [0.1, 0.15) is 5.82 Å². The molecule has 0 aliphatic rings. The highest BCUT2D eigenvalue weighted by Crippen LogP contribution is 2.17. The van der Waals surface area contributed by atoms with Gasteiger partial charge in [0, 0.05) is 37.9 Å². The summed E-state index contributed by atoms with van der Waals surface area (Å²) in [6.07, 6.45) is 0. The first-order valence-corrected chi connectivity index (χ1v) is 6.82. The van der Waals surface area contributed by atoms with E-state index in [1.807, 2.05) is 33.2 Å². The molecule has 20 heavy (non-hydrogen) atoms. The zero-order chi connectivity index (χ0) is 14.5. The molecule has 0 aromatic heterocycles. The first-order chi connectivity index (χ1) is 9.58. The topological polar surface area (TPSA) is 15.3 Å². The standard InChI is InChI=1S/C17H21FN2/c1-13(16-6-4-5-7-17(16)18)19-12-14-8-10-15(11-9-14)20(2)3/h4-11,13,19H,12H2,1-3H3. The van der Waals surface area contributed by atoms with Gasteiger partial charge in [0.15, 0.2) is 0 Å². The molecule has 3 heteroatoms. The Hall–Kier alpha value is -1.87. The number of hydrogen-bond donors (Lipinski definition) is 1. The summed E-state index contributed by atoms with van der Waals surface area (Å²) in [5, 5.41) is 3.35. The van der Waals surface area contributed by atoms with Crippen LogP contribution in [0.15, 0.2) is 48.5 Å².